The summed E-state index contributed by atoms with van der Waals surface area (Å²) in [5.41, 5.74) is 0.927. The number of carbonyl (C=O) groups is 1. The molecule has 0 spiro atoms. The molecule has 0 unspecified atom stereocenters. The molecule has 0 atom stereocenters. The molecule has 1 heterocycles. The van der Waals surface area contributed by atoms with Gasteiger partial charge in [0.05, 0.1) is 10.9 Å². The number of hydrogen-bond acceptors (Lipinski definition) is 4. The van der Waals surface area contributed by atoms with Crippen molar-refractivity contribution in [2.45, 2.75) is 6.92 Å². The predicted octanol–water partition coefficient (Wildman–Crippen LogP) is 1.03. The summed E-state index contributed by atoms with van der Waals surface area (Å²) in [6.45, 7) is 1.78. The molecule has 1 rings (SSSR count). The lowest BCUT2D eigenvalue weighted by molar-refractivity contribution is 0.0998. The van der Waals surface area contributed by atoms with Crippen LogP contribution in [-0.2, 0) is 0 Å². The summed E-state index contributed by atoms with van der Waals surface area (Å²) < 4.78 is 0. The largest absolute Gasteiger partial charge is 0.306 e. The molecule has 4 nitrogen and oxygen atoms in total. The van der Waals surface area contributed by atoms with Gasteiger partial charge in [-0.05, 0) is 31.3 Å². The molecule has 5 heteroatoms. The second-order valence-corrected chi connectivity index (χ2v) is 2.25. The van der Waals surface area contributed by atoms with Gasteiger partial charge in [0.15, 0.2) is 5.69 Å². The van der Waals surface area contributed by atoms with Crippen LogP contribution in [0.15, 0.2) is 17.1 Å². The van der Waals surface area contributed by atoms with Gasteiger partial charge in [-0.25, -0.2) is 0 Å². The number of amides is 1. The zero-order valence-corrected chi connectivity index (χ0v) is 7.13. The molecule has 1 amide bonds. The van der Waals surface area contributed by atoms with Crippen LogP contribution in [0.3, 0.4) is 0 Å². The number of rotatable bonds is 1. The van der Waals surface area contributed by atoms with E-state index in [1.54, 1.807) is 19.1 Å². The first-order chi connectivity index (χ1) is 5.74. The van der Waals surface area contributed by atoms with Gasteiger partial charge in [-0.1, -0.05) is 0 Å². The van der Waals surface area contributed by atoms with Crippen LogP contribution in [-0.4, -0.2) is 21.3 Å². The topological polar surface area (TPSA) is 55.2 Å². The molecule has 0 bridgehead atoms. The van der Waals surface area contributed by atoms with Crippen LogP contribution < -0.4 is 0 Å². The Labute approximate surface area is 74.3 Å². The standard InChI is InChI=1S/C7H5N3OS/c1-5-2-3-6(10-9-5)7(11)8-4-12/h2-3H,1H3. The van der Waals surface area contributed by atoms with Crippen molar-refractivity contribution in [3.05, 3.63) is 23.5 Å². The van der Waals surface area contributed by atoms with Crippen molar-refractivity contribution in [2.24, 2.45) is 4.99 Å². The summed E-state index contributed by atoms with van der Waals surface area (Å²) in [4.78, 5) is 14.2. The van der Waals surface area contributed by atoms with Gasteiger partial charge in [0, 0.05) is 0 Å². The van der Waals surface area contributed by atoms with Gasteiger partial charge >= 0.3 is 5.91 Å². The van der Waals surface area contributed by atoms with Crippen LogP contribution in [0.5, 0.6) is 0 Å². The Hall–Kier alpha value is -1.45. The third-order valence-electron chi connectivity index (χ3n) is 1.16. The molecule has 60 valence electrons. The molecule has 0 aliphatic rings. The Kier molecular flexibility index (Phi) is 2.74. The van der Waals surface area contributed by atoms with Crippen LogP contribution in [0.25, 0.3) is 0 Å². The maximum Gasteiger partial charge on any atom is 0.306 e. The first-order valence-electron chi connectivity index (χ1n) is 3.16. The van der Waals surface area contributed by atoms with Crippen LogP contribution in [0.4, 0.5) is 0 Å². The Morgan fingerprint density at radius 2 is 2.33 bits per heavy atom. The number of aryl methyl sites for hydroxylation is 1. The SMILES string of the molecule is Cc1ccc(C(=O)N=C=S)nn1. The second-order valence-electron chi connectivity index (χ2n) is 2.07. The number of nitrogens with zero attached hydrogens (tertiary/aromatic N) is 3. The number of thiocarbonyl (C=S) groups is 1. The molecule has 0 radical (unpaired) electrons. The van der Waals surface area contributed by atoms with E-state index in [4.69, 9.17) is 0 Å². The molecule has 0 saturated heterocycles. The van der Waals surface area contributed by atoms with Gasteiger partial charge in [-0.2, -0.15) is 10.1 Å². The lowest BCUT2D eigenvalue weighted by Gasteiger charge is -1.91. The maximum atomic E-state index is 11.0. The Morgan fingerprint density at radius 1 is 1.58 bits per heavy atom. The van der Waals surface area contributed by atoms with Crippen molar-refractivity contribution in [1.82, 2.24) is 10.2 Å². The average Bonchev–Trinajstić information content (AvgIpc) is 2.06. The number of carbonyl (C=O) groups excluding carboxylic acids is 1. The summed E-state index contributed by atoms with van der Waals surface area (Å²) in [5.74, 6) is -0.516. The molecule has 12 heavy (non-hydrogen) atoms. The Bertz CT molecular complexity index is 340. The fraction of sp³-hybridized carbons (Fsp3) is 0.143. The van der Waals surface area contributed by atoms with Gasteiger partial charge in [0.25, 0.3) is 0 Å². The first-order valence-corrected chi connectivity index (χ1v) is 3.57. The minimum Gasteiger partial charge on any atom is -0.264 e. The van der Waals surface area contributed by atoms with Crippen molar-refractivity contribution in [1.29, 1.82) is 0 Å². The predicted molar refractivity (Wildman–Crippen MR) is 46.1 cm³/mol. The highest BCUT2D eigenvalue weighted by Crippen LogP contribution is 1.96. The molecule has 0 N–H and O–H groups in total. The number of hydrogen-bond donors (Lipinski definition) is 0. The van der Waals surface area contributed by atoms with Crippen molar-refractivity contribution in [3.8, 4) is 0 Å². The van der Waals surface area contributed by atoms with Crippen molar-refractivity contribution in [3.63, 3.8) is 0 Å². The highest BCUT2D eigenvalue weighted by molar-refractivity contribution is 7.78. The van der Waals surface area contributed by atoms with E-state index in [1.165, 1.54) is 0 Å². The van der Waals surface area contributed by atoms with E-state index >= 15 is 0 Å². The van der Waals surface area contributed by atoms with Gasteiger partial charge in [-0.15, -0.1) is 5.10 Å². The van der Waals surface area contributed by atoms with Crippen molar-refractivity contribution in [2.75, 3.05) is 0 Å². The van der Waals surface area contributed by atoms with Crippen LogP contribution in [0, 0.1) is 6.92 Å². The Morgan fingerprint density at radius 3 is 2.83 bits per heavy atom. The molecule has 0 saturated carbocycles. The zero-order chi connectivity index (χ0) is 8.97. The third-order valence-corrected chi connectivity index (χ3v) is 1.26. The molecular formula is C7H5N3OS. The zero-order valence-electron chi connectivity index (χ0n) is 6.31. The quantitative estimate of drug-likeness (QED) is 0.477. The fourth-order valence-corrected chi connectivity index (χ4v) is 0.695. The summed E-state index contributed by atoms with van der Waals surface area (Å²) in [6.07, 6.45) is 0. The molecule has 1 aromatic rings. The number of aliphatic imine (C=N–C) groups is 1. The number of isothiocyanates is 1. The number of aromatic nitrogens is 2. The molecule has 1 aromatic heterocycles. The average molecular weight is 179 g/mol. The molecule has 0 aliphatic carbocycles. The van der Waals surface area contributed by atoms with Gasteiger partial charge in [0.1, 0.15) is 0 Å². The van der Waals surface area contributed by atoms with E-state index in [-0.39, 0.29) is 5.69 Å². The van der Waals surface area contributed by atoms with Gasteiger partial charge < -0.3 is 0 Å². The smallest absolute Gasteiger partial charge is 0.264 e. The minimum atomic E-state index is -0.516. The molecule has 0 aliphatic heterocycles. The van der Waals surface area contributed by atoms with Gasteiger partial charge in [-0.3, -0.25) is 4.79 Å². The Balaban J connectivity index is 2.97. The summed E-state index contributed by atoms with van der Waals surface area (Å²) in [6, 6.07) is 3.22. The monoisotopic (exact) mass is 179 g/mol. The van der Waals surface area contributed by atoms with Crippen LogP contribution in [0.2, 0.25) is 0 Å². The first kappa shape index (κ1) is 8.64. The molecule has 0 aromatic carbocycles. The highest BCUT2D eigenvalue weighted by Gasteiger charge is 2.03. The summed E-state index contributed by atoms with van der Waals surface area (Å²) in [7, 11) is 0. The van der Waals surface area contributed by atoms with E-state index < -0.39 is 5.91 Å². The van der Waals surface area contributed by atoms with E-state index in [2.05, 4.69) is 27.4 Å². The molecule has 0 fully saturated rings. The van der Waals surface area contributed by atoms with E-state index in [0.29, 0.717) is 0 Å². The molecular weight excluding hydrogens is 174 g/mol. The second kappa shape index (κ2) is 3.80. The third kappa shape index (κ3) is 2.02. The minimum absolute atomic E-state index is 0.179. The van der Waals surface area contributed by atoms with Crippen molar-refractivity contribution < 1.29 is 4.79 Å². The fourth-order valence-electron chi connectivity index (χ4n) is 0.612. The lowest BCUT2D eigenvalue weighted by atomic mass is 10.3. The summed E-state index contributed by atoms with van der Waals surface area (Å²) >= 11 is 4.27. The van der Waals surface area contributed by atoms with E-state index in [1.807, 2.05) is 5.16 Å². The lowest BCUT2D eigenvalue weighted by Crippen LogP contribution is -2.00. The van der Waals surface area contributed by atoms with Gasteiger partial charge in [0.2, 0.25) is 0 Å². The van der Waals surface area contributed by atoms with Crippen LogP contribution >= 0.6 is 12.2 Å². The maximum absolute atomic E-state index is 11.0. The normalized spacial score (nSPS) is 8.75. The van der Waals surface area contributed by atoms with E-state index in [9.17, 15) is 4.79 Å². The van der Waals surface area contributed by atoms with Crippen LogP contribution in [0.1, 0.15) is 16.2 Å². The summed E-state index contributed by atoms with van der Waals surface area (Å²) in [5, 5.41) is 9.28. The van der Waals surface area contributed by atoms with E-state index in [0.717, 1.165) is 5.69 Å². The highest BCUT2D eigenvalue weighted by atomic mass is 32.1. The van der Waals surface area contributed by atoms with Crippen molar-refractivity contribution >= 4 is 23.3 Å².